The first-order valence-electron chi connectivity index (χ1n) is 5.67. The molecule has 2 aromatic rings. The highest BCUT2D eigenvalue weighted by molar-refractivity contribution is 6.17. The predicted molar refractivity (Wildman–Crippen MR) is 71.9 cm³/mol. The summed E-state index contributed by atoms with van der Waals surface area (Å²) in [6.45, 7) is 1.86. The van der Waals surface area contributed by atoms with Crippen LogP contribution in [0.25, 0.3) is 0 Å². The number of benzene rings is 2. The molecule has 2 rings (SSSR count). The first kappa shape index (κ1) is 13.4. The van der Waals surface area contributed by atoms with Gasteiger partial charge in [-0.2, -0.15) is 5.26 Å². The average Bonchev–Trinajstić information content (AvgIpc) is 2.41. The number of rotatable bonds is 3. The second-order valence-electron chi connectivity index (χ2n) is 4.04. The molecule has 0 atom stereocenters. The largest absolute Gasteiger partial charge is 0.457 e. The molecule has 0 unspecified atom stereocenters. The standard InChI is InChI=1S/C15H11ClFNO/c1-10-5-6-11(9-18)7-15(10)19-14-4-2-3-13(17)12(14)8-16/h2-7H,8H2,1H3. The summed E-state index contributed by atoms with van der Waals surface area (Å²) in [6, 6.07) is 11.7. The maximum absolute atomic E-state index is 13.6. The predicted octanol–water partition coefficient (Wildman–Crippen LogP) is 4.54. The Morgan fingerprint density at radius 3 is 2.74 bits per heavy atom. The molecule has 0 N–H and O–H groups in total. The van der Waals surface area contributed by atoms with Gasteiger partial charge in [0.1, 0.15) is 17.3 Å². The van der Waals surface area contributed by atoms with Gasteiger partial charge in [0.2, 0.25) is 0 Å². The van der Waals surface area contributed by atoms with Crippen molar-refractivity contribution in [3.63, 3.8) is 0 Å². The lowest BCUT2D eigenvalue weighted by molar-refractivity contribution is 0.467. The van der Waals surface area contributed by atoms with Gasteiger partial charge in [0.15, 0.2) is 0 Å². The number of nitriles is 1. The van der Waals surface area contributed by atoms with E-state index in [0.717, 1.165) is 5.56 Å². The number of nitrogens with zero attached hydrogens (tertiary/aromatic N) is 1. The molecule has 0 spiro atoms. The highest BCUT2D eigenvalue weighted by atomic mass is 35.5. The van der Waals surface area contributed by atoms with Gasteiger partial charge in [-0.05, 0) is 36.8 Å². The van der Waals surface area contributed by atoms with E-state index in [1.807, 2.05) is 13.0 Å². The maximum Gasteiger partial charge on any atom is 0.134 e. The van der Waals surface area contributed by atoms with Crippen molar-refractivity contribution in [1.82, 2.24) is 0 Å². The van der Waals surface area contributed by atoms with Gasteiger partial charge in [0.25, 0.3) is 0 Å². The van der Waals surface area contributed by atoms with Crippen LogP contribution in [0, 0.1) is 24.1 Å². The van der Waals surface area contributed by atoms with Crippen molar-refractivity contribution in [3.05, 3.63) is 58.9 Å². The molecule has 19 heavy (non-hydrogen) atoms. The lowest BCUT2D eigenvalue weighted by atomic mass is 10.1. The molecule has 4 heteroatoms. The minimum atomic E-state index is -0.401. The fraction of sp³-hybridized carbons (Fsp3) is 0.133. The third kappa shape index (κ3) is 2.86. The summed E-state index contributed by atoms with van der Waals surface area (Å²) >= 11 is 5.73. The van der Waals surface area contributed by atoms with E-state index in [9.17, 15) is 4.39 Å². The SMILES string of the molecule is Cc1ccc(C#N)cc1Oc1cccc(F)c1CCl. The number of ether oxygens (including phenoxy) is 1. The zero-order valence-electron chi connectivity index (χ0n) is 10.3. The first-order valence-corrected chi connectivity index (χ1v) is 6.21. The third-order valence-electron chi connectivity index (χ3n) is 2.75. The summed E-state index contributed by atoms with van der Waals surface area (Å²) in [5.41, 5.74) is 1.67. The van der Waals surface area contributed by atoms with Gasteiger partial charge in [0.05, 0.1) is 17.5 Å². The Balaban J connectivity index is 2.42. The minimum Gasteiger partial charge on any atom is -0.457 e. The second kappa shape index (κ2) is 5.73. The van der Waals surface area contributed by atoms with Crippen molar-refractivity contribution < 1.29 is 9.13 Å². The topological polar surface area (TPSA) is 33.0 Å². The van der Waals surface area contributed by atoms with Crippen molar-refractivity contribution in [2.24, 2.45) is 0 Å². The average molecular weight is 276 g/mol. The zero-order chi connectivity index (χ0) is 13.8. The summed E-state index contributed by atoms with van der Waals surface area (Å²) in [6.07, 6.45) is 0. The summed E-state index contributed by atoms with van der Waals surface area (Å²) < 4.78 is 19.3. The summed E-state index contributed by atoms with van der Waals surface area (Å²) in [4.78, 5) is 0. The highest BCUT2D eigenvalue weighted by Crippen LogP contribution is 2.30. The van der Waals surface area contributed by atoms with Crippen LogP contribution in [0.2, 0.25) is 0 Å². The molecule has 0 radical (unpaired) electrons. The molecule has 0 fully saturated rings. The number of halogens is 2. The van der Waals surface area contributed by atoms with E-state index in [2.05, 4.69) is 0 Å². The molecule has 0 saturated heterocycles. The Hall–Kier alpha value is -2.05. The Morgan fingerprint density at radius 1 is 1.26 bits per heavy atom. The molecule has 96 valence electrons. The molecule has 0 saturated carbocycles. The van der Waals surface area contributed by atoms with Crippen LogP contribution < -0.4 is 4.74 Å². The van der Waals surface area contributed by atoms with E-state index >= 15 is 0 Å². The van der Waals surface area contributed by atoms with E-state index in [1.165, 1.54) is 6.07 Å². The number of hydrogen-bond acceptors (Lipinski definition) is 2. The van der Waals surface area contributed by atoms with E-state index in [4.69, 9.17) is 21.6 Å². The normalized spacial score (nSPS) is 10.0. The van der Waals surface area contributed by atoms with E-state index in [-0.39, 0.29) is 5.88 Å². The van der Waals surface area contributed by atoms with Crippen molar-refractivity contribution in [1.29, 1.82) is 5.26 Å². The molecule has 0 aromatic heterocycles. The van der Waals surface area contributed by atoms with Gasteiger partial charge in [-0.25, -0.2) is 4.39 Å². The quantitative estimate of drug-likeness (QED) is 0.771. The van der Waals surface area contributed by atoms with E-state index < -0.39 is 5.82 Å². The van der Waals surface area contributed by atoms with Crippen LogP contribution in [-0.4, -0.2) is 0 Å². The Kier molecular flexibility index (Phi) is 4.03. The summed E-state index contributed by atoms with van der Waals surface area (Å²) in [5.74, 6) is 0.518. The minimum absolute atomic E-state index is 0.0268. The van der Waals surface area contributed by atoms with Gasteiger partial charge in [-0.1, -0.05) is 12.1 Å². The van der Waals surface area contributed by atoms with E-state index in [1.54, 1.807) is 30.3 Å². The van der Waals surface area contributed by atoms with Crippen LogP contribution in [0.4, 0.5) is 4.39 Å². The zero-order valence-corrected chi connectivity index (χ0v) is 11.0. The number of hydrogen-bond donors (Lipinski definition) is 0. The van der Waals surface area contributed by atoms with Crippen LogP contribution in [0.3, 0.4) is 0 Å². The van der Waals surface area contributed by atoms with Gasteiger partial charge >= 0.3 is 0 Å². The molecular formula is C15H11ClFNO. The molecule has 0 heterocycles. The maximum atomic E-state index is 13.6. The van der Waals surface area contributed by atoms with Crippen LogP contribution in [0.15, 0.2) is 36.4 Å². The number of alkyl halides is 1. The van der Waals surface area contributed by atoms with Crippen molar-refractivity contribution in [3.8, 4) is 17.6 Å². The van der Waals surface area contributed by atoms with Gasteiger partial charge in [0, 0.05) is 5.56 Å². The molecule has 0 amide bonds. The Labute approximate surface area is 116 Å². The van der Waals surface area contributed by atoms with Crippen molar-refractivity contribution >= 4 is 11.6 Å². The monoisotopic (exact) mass is 275 g/mol. The smallest absolute Gasteiger partial charge is 0.134 e. The number of aryl methyl sites for hydroxylation is 1. The van der Waals surface area contributed by atoms with Gasteiger partial charge < -0.3 is 4.74 Å². The molecular weight excluding hydrogens is 265 g/mol. The Bertz CT molecular complexity index is 649. The summed E-state index contributed by atoms with van der Waals surface area (Å²) in [5, 5.41) is 8.88. The van der Waals surface area contributed by atoms with Gasteiger partial charge in [-0.3, -0.25) is 0 Å². The molecule has 0 aliphatic rings. The van der Waals surface area contributed by atoms with Crippen LogP contribution in [0.1, 0.15) is 16.7 Å². The second-order valence-corrected chi connectivity index (χ2v) is 4.31. The Morgan fingerprint density at radius 2 is 2.05 bits per heavy atom. The van der Waals surface area contributed by atoms with Crippen LogP contribution in [0.5, 0.6) is 11.5 Å². The highest BCUT2D eigenvalue weighted by Gasteiger charge is 2.11. The van der Waals surface area contributed by atoms with Gasteiger partial charge in [-0.15, -0.1) is 11.6 Å². The van der Waals surface area contributed by atoms with Crippen LogP contribution >= 0.6 is 11.6 Å². The molecule has 0 aliphatic heterocycles. The molecule has 0 bridgehead atoms. The van der Waals surface area contributed by atoms with Crippen LogP contribution in [-0.2, 0) is 5.88 Å². The lowest BCUT2D eigenvalue weighted by Gasteiger charge is -2.12. The lowest BCUT2D eigenvalue weighted by Crippen LogP contribution is -1.95. The van der Waals surface area contributed by atoms with Crippen molar-refractivity contribution in [2.75, 3.05) is 0 Å². The fourth-order valence-electron chi connectivity index (χ4n) is 1.66. The van der Waals surface area contributed by atoms with E-state index in [0.29, 0.717) is 22.6 Å². The molecule has 0 aliphatic carbocycles. The summed E-state index contributed by atoms with van der Waals surface area (Å²) in [7, 11) is 0. The fourth-order valence-corrected chi connectivity index (χ4v) is 1.92. The molecule has 2 nitrogen and oxygen atoms in total. The van der Waals surface area contributed by atoms with Crippen molar-refractivity contribution in [2.45, 2.75) is 12.8 Å². The third-order valence-corrected chi connectivity index (χ3v) is 3.01. The molecule has 2 aromatic carbocycles. The first-order chi connectivity index (χ1) is 9.15.